The van der Waals surface area contributed by atoms with Crippen molar-refractivity contribution in [3.63, 3.8) is 0 Å². The normalized spacial score (nSPS) is 23.7. The number of hydrogen-bond donors (Lipinski definition) is 0. The van der Waals surface area contributed by atoms with Gasteiger partial charge < -0.3 is 9.80 Å². The van der Waals surface area contributed by atoms with Gasteiger partial charge in [-0.25, -0.2) is 9.97 Å². The Morgan fingerprint density at radius 1 is 1.00 bits per heavy atom. The second kappa shape index (κ2) is 6.19. The van der Waals surface area contributed by atoms with E-state index in [1.54, 1.807) is 36.9 Å². The molecule has 0 unspecified atom stereocenters. The molecule has 2 aliphatic rings. The molecule has 124 valence electrons. The maximum absolute atomic E-state index is 12.7. The van der Waals surface area contributed by atoms with Gasteiger partial charge in [0, 0.05) is 61.9 Å². The summed E-state index contributed by atoms with van der Waals surface area (Å²) in [6, 6.07) is 5.42. The third-order valence-corrected chi connectivity index (χ3v) is 5.15. The van der Waals surface area contributed by atoms with E-state index in [2.05, 4.69) is 19.9 Å². The average molecular weight is 323 g/mol. The number of nitrogens with zero attached hydrogens (tertiary/aromatic N) is 5. The Morgan fingerprint density at radius 2 is 1.79 bits per heavy atom. The quantitative estimate of drug-likeness (QED) is 0.846. The minimum Gasteiger partial charge on any atom is -0.340 e. The van der Waals surface area contributed by atoms with E-state index in [-0.39, 0.29) is 11.3 Å². The SMILES string of the molecule is O=C(c1ccncc1)N1CC[C@@]2(CCCN(c3ncccn3)C2)C1. The van der Waals surface area contributed by atoms with Gasteiger partial charge in [-0.15, -0.1) is 0 Å². The Labute approximate surface area is 141 Å². The molecule has 6 nitrogen and oxygen atoms in total. The summed E-state index contributed by atoms with van der Waals surface area (Å²) >= 11 is 0. The monoisotopic (exact) mass is 323 g/mol. The van der Waals surface area contributed by atoms with Crippen LogP contribution in [0.15, 0.2) is 43.0 Å². The molecule has 0 radical (unpaired) electrons. The fourth-order valence-corrected chi connectivity index (χ4v) is 3.95. The summed E-state index contributed by atoms with van der Waals surface area (Å²) in [6.45, 7) is 3.56. The van der Waals surface area contributed by atoms with Crippen LogP contribution in [-0.2, 0) is 0 Å². The van der Waals surface area contributed by atoms with Crippen molar-refractivity contribution < 1.29 is 4.79 Å². The van der Waals surface area contributed by atoms with Crippen LogP contribution in [0.1, 0.15) is 29.6 Å². The number of hydrogen-bond acceptors (Lipinski definition) is 5. The molecule has 0 aliphatic carbocycles. The van der Waals surface area contributed by atoms with Gasteiger partial charge >= 0.3 is 0 Å². The van der Waals surface area contributed by atoms with Crippen molar-refractivity contribution in [2.75, 3.05) is 31.1 Å². The van der Waals surface area contributed by atoms with E-state index >= 15 is 0 Å². The first-order chi connectivity index (χ1) is 11.8. The first-order valence-corrected chi connectivity index (χ1v) is 8.47. The number of aromatic nitrogens is 3. The van der Waals surface area contributed by atoms with Gasteiger partial charge in [0.1, 0.15) is 0 Å². The highest BCUT2D eigenvalue weighted by atomic mass is 16.2. The molecule has 24 heavy (non-hydrogen) atoms. The summed E-state index contributed by atoms with van der Waals surface area (Å²) in [7, 11) is 0. The number of amides is 1. The van der Waals surface area contributed by atoms with Crippen molar-refractivity contribution in [2.24, 2.45) is 5.41 Å². The molecule has 1 spiro atoms. The van der Waals surface area contributed by atoms with Gasteiger partial charge in [-0.2, -0.15) is 0 Å². The summed E-state index contributed by atoms with van der Waals surface area (Å²) in [4.78, 5) is 29.7. The zero-order valence-corrected chi connectivity index (χ0v) is 13.6. The predicted molar refractivity (Wildman–Crippen MR) is 90.7 cm³/mol. The van der Waals surface area contributed by atoms with Crippen LogP contribution >= 0.6 is 0 Å². The summed E-state index contributed by atoms with van der Waals surface area (Å²) < 4.78 is 0. The first-order valence-electron chi connectivity index (χ1n) is 8.47. The van der Waals surface area contributed by atoms with E-state index in [0.717, 1.165) is 57.0 Å². The second-order valence-corrected chi connectivity index (χ2v) is 6.79. The topological polar surface area (TPSA) is 62.2 Å². The van der Waals surface area contributed by atoms with E-state index in [0.29, 0.717) is 0 Å². The molecule has 0 aromatic carbocycles. The lowest BCUT2D eigenvalue weighted by Crippen LogP contribution is -2.46. The molecule has 2 aliphatic heterocycles. The number of anilines is 1. The van der Waals surface area contributed by atoms with Crippen molar-refractivity contribution >= 4 is 11.9 Å². The molecule has 0 saturated carbocycles. The molecule has 1 amide bonds. The third kappa shape index (κ3) is 2.84. The minimum absolute atomic E-state index is 0.113. The van der Waals surface area contributed by atoms with E-state index in [4.69, 9.17) is 0 Å². The summed E-state index contributed by atoms with van der Waals surface area (Å²) in [6.07, 6.45) is 10.3. The van der Waals surface area contributed by atoms with Crippen molar-refractivity contribution in [2.45, 2.75) is 19.3 Å². The number of carbonyl (C=O) groups excluding carboxylic acids is 1. The molecular weight excluding hydrogens is 302 g/mol. The Morgan fingerprint density at radius 3 is 2.58 bits per heavy atom. The molecule has 2 saturated heterocycles. The summed E-state index contributed by atoms with van der Waals surface area (Å²) in [5.41, 5.74) is 0.890. The Kier molecular flexibility index (Phi) is 3.88. The highest BCUT2D eigenvalue weighted by Gasteiger charge is 2.43. The zero-order chi connectivity index (χ0) is 16.4. The molecule has 0 N–H and O–H groups in total. The number of pyridine rings is 1. The Bertz CT molecular complexity index is 708. The van der Waals surface area contributed by atoms with Crippen LogP contribution in [0.25, 0.3) is 0 Å². The Hall–Kier alpha value is -2.50. The molecule has 2 aromatic rings. The highest BCUT2D eigenvalue weighted by Crippen LogP contribution is 2.40. The lowest BCUT2D eigenvalue weighted by atomic mass is 9.79. The van der Waals surface area contributed by atoms with Gasteiger partial charge in [0.05, 0.1) is 0 Å². The van der Waals surface area contributed by atoms with E-state index < -0.39 is 0 Å². The zero-order valence-electron chi connectivity index (χ0n) is 13.6. The minimum atomic E-state index is 0.113. The second-order valence-electron chi connectivity index (χ2n) is 6.79. The fraction of sp³-hybridized carbons (Fsp3) is 0.444. The van der Waals surface area contributed by atoms with Crippen LogP contribution in [0.4, 0.5) is 5.95 Å². The van der Waals surface area contributed by atoms with Gasteiger partial charge in [0.2, 0.25) is 5.95 Å². The van der Waals surface area contributed by atoms with Crippen LogP contribution in [0.5, 0.6) is 0 Å². The lowest BCUT2D eigenvalue weighted by Gasteiger charge is -2.40. The molecule has 2 fully saturated rings. The van der Waals surface area contributed by atoms with Gasteiger partial charge in [-0.1, -0.05) is 0 Å². The van der Waals surface area contributed by atoms with Crippen LogP contribution in [-0.4, -0.2) is 51.9 Å². The first kappa shape index (κ1) is 15.1. The maximum Gasteiger partial charge on any atom is 0.253 e. The molecular formula is C18H21N5O. The molecule has 4 rings (SSSR count). The summed E-state index contributed by atoms with van der Waals surface area (Å²) in [5.74, 6) is 0.915. The number of rotatable bonds is 2. The largest absolute Gasteiger partial charge is 0.340 e. The van der Waals surface area contributed by atoms with Crippen LogP contribution in [0.2, 0.25) is 0 Å². The highest BCUT2D eigenvalue weighted by molar-refractivity contribution is 5.94. The third-order valence-electron chi connectivity index (χ3n) is 5.15. The number of likely N-dealkylation sites (tertiary alicyclic amines) is 1. The molecule has 2 aromatic heterocycles. The number of carbonyl (C=O) groups is 1. The van der Waals surface area contributed by atoms with Crippen molar-refractivity contribution in [3.05, 3.63) is 48.5 Å². The lowest BCUT2D eigenvalue weighted by molar-refractivity contribution is 0.0767. The van der Waals surface area contributed by atoms with Gasteiger partial charge in [-0.3, -0.25) is 9.78 Å². The van der Waals surface area contributed by atoms with E-state index in [9.17, 15) is 4.79 Å². The van der Waals surface area contributed by atoms with Crippen LogP contribution < -0.4 is 4.90 Å². The maximum atomic E-state index is 12.7. The van der Waals surface area contributed by atoms with E-state index in [1.165, 1.54) is 0 Å². The van der Waals surface area contributed by atoms with Gasteiger partial charge in [0.25, 0.3) is 5.91 Å². The molecule has 4 heterocycles. The molecule has 6 heteroatoms. The summed E-state index contributed by atoms with van der Waals surface area (Å²) in [5, 5.41) is 0. The average Bonchev–Trinajstić information content (AvgIpc) is 3.06. The van der Waals surface area contributed by atoms with Crippen LogP contribution in [0, 0.1) is 5.41 Å². The standard InChI is InChI=1S/C18H21N5O/c24-16(15-3-9-19-10-4-15)22-12-6-18(13-22)5-1-11-23(14-18)17-20-7-2-8-21-17/h2-4,7-10H,1,5-6,11-14H2/t18-/m0/s1. The predicted octanol–water partition coefficient (Wildman–Crippen LogP) is 2.00. The Balaban J connectivity index is 1.48. The number of piperidine rings is 1. The fourth-order valence-electron chi connectivity index (χ4n) is 3.95. The van der Waals surface area contributed by atoms with Crippen LogP contribution in [0.3, 0.4) is 0 Å². The van der Waals surface area contributed by atoms with Gasteiger partial charge in [0.15, 0.2) is 0 Å². The van der Waals surface area contributed by atoms with Crippen molar-refractivity contribution in [3.8, 4) is 0 Å². The van der Waals surface area contributed by atoms with Gasteiger partial charge in [-0.05, 0) is 37.5 Å². The van der Waals surface area contributed by atoms with Crippen molar-refractivity contribution in [1.82, 2.24) is 19.9 Å². The van der Waals surface area contributed by atoms with E-state index in [1.807, 2.05) is 11.0 Å². The van der Waals surface area contributed by atoms with Crippen molar-refractivity contribution in [1.29, 1.82) is 0 Å². The smallest absolute Gasteiger partial charge is 0.253 e. The molecule has 0 bridgehead atoms. The molecule has 1 atom stereocenters.